The lowest BCUT2D eigenvalue weighted by atomic mass is 10.1. The van der Waals surface area contributed by atoms with Crippen LogP contribution in [-0.2, 0) is 0 Å². The molecule has 21 heavy (non-hydrogen) atoms. The average Bonchev–Trinajstić information content (AvgIpc) is 2.66. The summed E-state index contributed by atoms with van der Waals surface area (Å²) in [7, 11) is 0. The Morgan fingerprint density at radius 1 is 1.19 bits per heavy atom. The van der Waals surface area contributed by atoms with Crippen LogP contribution in [0, 0.1) is 0 Å². The largest absolute Gasteiger partial charge is 0.490 e. The van der Waals surface area contributed by atoms with Gasteiger partial charge in [0.15, 0.2) is 11.5 Å². The predicted octanol–water partition coefficient (Wildman–Crippen LogP) is 4.03. The van der Waals surface area contributed by atoms with E-state index in [0.717, 1.165) is 44.1 Å². The number of ether oxygens (including phenoxy) is 2. The molecule has 3 heteroatoms. The Morgan fingerprint density at radius 2 is 1.90 bits per heavy atom. The first-order chi connectivity index (χ1) is 9.96. The summed E-state index contributed by atoms with van der Waals surface area (Å²) in [4.78, 5) is 0. The fourth-order valence-electron chi connectivity index (χ4n) is 2.26. The van der Waals surface area contributed by atoms with Gasteiger partial charge in [-0.25, -0.2) is 0 Å². The molecule has 1 aromatic carbocycles. The Labute approximate surface area is 128 Å². The first-order valence-corrected chi connectivity index (χ1v) is 7.77. The van der Waals surface area contributed by atoms with Gasteiger partial charge in [-0.1, -0.05) is 12.1 Å². The van der Waals surface area contributed by atoms with Gasteiger partial charge in [-0.2, -0.15) is 0 Å². The van der Waals surface area contributed by atoms with Crippen molar-refractivity contribution in [1.29, 1.82) is 0 Å². The van der Waals surface area contributed by atoms with Crippen LogP contribution >= 0.6 is 0 Å². The molecule has 0 unspecified atom stereocenters. The molecule has 0 fully saturated rings. The molecule has 0 aromatic heterocycles. The number of hydrogen-bond acceptors (Lipinski definition) is 3. The normalized spacial score (nSPS) is 15.7. The maximum atomic E-state index is 5.75. The van der Waals surface area contributed by atoms with Gasteiger partial charge in [0.1, 0.15) is 0 Å². The van der Waals surface area contributed by atoms with Crippen molar-refractivity contribution in [2.24, 2.45) is 0 Å². The van der Waals surface area contributed by atoms with Gasteiger partial charge in [-0.15, -0.1) is 0 Å². The number of rotatable bonds is 4. The van der Waals surface area contributed by atoms with Crippen LogP contribution in [0.5, 0.6) is 11.5 Å². The third-order valence-electron chi connectivity index (χ3n) is 3.45. The molecule has 0 bridgehead atoms. The second kappa shape index (κ2) is 6.99. The number of benzene rings is 1. The zero-order valence-electron chi connectivity index (χ0n) is 13.7. The maximum Gasteiger partial charge on any atom is 0.161 e. The molecular weight excluding hydrogens is 262 g/mol. The first kappa shape index (κ1) is 15.9. The van der Waals surface area contributed by atoms with Crippen molar-refractivity contribution in [1.82, 2.24) is 5.32 Å². The second-order valence-electron chi connectivity index (χ2n) is 6.56. The van der Waals surface area contributed by atoms with Crippen molar-refractivity contribution in [2.75, 3.05) is 19.8 Å². The Bertz CT molecular complexity index is 500. The summed E-state index contributed by atoms with van der Waals surface area (Å²) in [5.74, 6) is 1.73. The van der Waals surface area contributed by atoms with E-state index in [-0.39, 0.29) is 5.54 Å². The lowest BCUT2D eigenvalue weighted by Crippen LogP contribution is -2.36. The third-order valence-corrected chi connectivity index (χ3v) is 3.45. The average molecular weight is 289 g/mol. The molecule has 0 saturated carbocycles. The van der Waals surface area contributed by atoms with Crippen LogP contribution in [0.1, 0.15) is 46.1 Å². The van der Waals surface area contributed by atoms with Crippen LogP contribution in [-0.4, -0.2) is 25.3 Å². The molecule has 0 spiro atoms. The van der Waals surface area contributed by atoms with Gasteiger partial charge in [-0.05, 0) is 63.9 Å². The lowest BCUT2D eigenvalue weighted by Gasteiger charge is -2.19. The van der Waals surface area contributed by atoms with E-state index >= 15 is 0 Å². The quantitative estimate of drug-likeness (QED) is 0.849. The molecule has 1 aromatic rings. The molecule has 0 atom stereocenters. The highest BCUT2D eigenvalue weighted by Crippen LogP contribution is 2.32. The van der Waals surface area contributed by atoms with E-state index in [4.69, 9.17) is 9.47 Å². The van der Waals surface area contributed by atoms with Gasteiger partial charge in [0.05, 0.1) is 13.2 Å². The van der Waals surface area contributed by atoms with Crippen molar-refractivity contribution in [3.8, 4) is 11.5 Å². The molecule has 1 aliphatic rings. The zero-order chi connectivity index (χ0) is 15.3. The number of allylic oxidation sites excluding steroid dienone is 1. The fraction of sp³-hybridized carbons (Fsp3) is 0.556. The van der Waals surface area contributed by atoms with Crippen LogP contribution in [0.25, 0.3) is 5.57 Å². The molecule has 2 rings (SSSR count). The van der Waals surface area contributed by atoms with Gasteiger partial charge in [0, 0.05) is 12.0 Å². The van der Waals surface area contributed by atoms with Crippen LogP contribution in [0.4, 0.5) is 0 Å². The van der Waals surface area contributed by atoms with E-state index in [0.29, 0.717) is 0 Å². The summed E-state index contributed by atoms with van der Waals surface area (Å²) in [6, 6.07) is 6.21. The minimum atomic E-state index is 0.178. The van der Waals surface area contributed by atoms with Gasteiger partial charge < -0.3 is 14.8 Å². The fourth-order valence-corrected chi connectivity index (χ4v) is 2.26. The second-order valence-corrected chi connectivity index (χ2v) is 6.56. The Kier molecular flexibility index (Phi) is 5.29. The number of nitrogens with one attached hydrogen (secondary N) is 1. The zero-order valence-corrected chi connectivity index (χ0v) is 13.7. The van der Waals surface area contributed by atoms with E-state index in [2.05, 4.69) is 51.2 Å². The molecule has 1 heterocycles. The molecule has 0 radical (unpaired) electrons. The van der Waals surface area contributed by atoms with Crippen molar-refractivity contribution in [2.45, 2.75) is 46.1 Å². The van der Waals surface area contributed by atoms with Gasteiger partial charge in [0.25, 0.3) is 0 Å². The van der Waals surface area contributed by atoms with Crippen LogP contribution < -0.4 is 14.8 Å². The smallest absolute Gasteiger partial charge is 0.161 e. The summed E-state index contributed by atoms with van der Waals surface area (Å²) in [5.41, 5.74) is 2.66. The summed E-state index contributed by atoms with van der Waals surface area (Å²) in [6.45, 7) is 11.2. The summed E-state index contributed by atoms with van der Waals surface area (Å²) in [6.07, 6.45) is 4.24. The minimum absolute atomic E-state index is 0.178. The summed E-state index contributed by atoms with van der Waals surface area (Å²) < 4.78 is 11.4. The third kappa shape index (κ3) is 5.09. The van der Waals surface area contributed by atoms with Crippen molar-refractivity contribution < 1.29 is 9.47 Å². The minimum Gasteiger partial charge on any atom is -0.490 e. The first-order valence-electron chi connectivity index (χ1n) is 7.77. The Balaban J connectivity index is 1.99. The molecule has 1 aliphatic heterocycles. The Morgan fingerprint density at radius 3 is 2.62 bits per heavy atom. The molecule has 1 N–H and O–H groups in total. The van der Waals surface area contributed by atoms with E-state index in [1.165, 1.54) is 11.1 Å². The van der Waals surface area contributed by atoms with Crippen LogP contribution in [0.2, 0.25) is 0 Å². The molecule has 0 amide bonds. The highest BCUT2D eigenvalue weighted by molar-refractivity contribution is 5.66. The van der Waals surface area contributed by atoms with E-state index in [9.17, 15) is 0 Å². The monoisotopic (exact) mass is 289 g/mol. The highest BCUT2D eigenvalue weighted by Gasteiger charge is 2.11. The lowest BCUT2D eigenvalue weighted by molar-refractivity contribution is 0.297. The molecular formula is C18H27NO2. The number of fused-ring (bicyclic) bond motifs is 1. The topological polar surface area (TPSA) is 30.5 Å². The standard InChI is InChI=1S/C18H27NO2/c1-14(7-5-10-19-18(2,3)4)15-8-9-16-17(13-15)21-12-6-11-20-16/h7-9,13,19H,5-6,10-12H2,1-4H3. The van der Waals surface area contributed by atoms with Crippen LogP contribution in [0.15, 0.2) is 24.3 Å². The molecule has 0 aliphatic carbocycles. The van der Waals surface area contributed by atoms with E-state index < -0.39 is 0 Å². The predicted molar refractivity (Wildman–Crippen MR) is 88.1 cm³/mol. The van der Waals surface area contributed by atoms with Crippen molar-refractivity contribution in [3.63, 3.8) is 0 Å². The van der Waals surface area contributed by atoms with E-state index in [1.807, 2.05) is 6.07 Å². The van der Waals surface area contributed by atoms with Gasteiger partial charge in [-0.3, -0.25) is 0 Å². The maximum absolute atomic E-state index is 5.75. The van der Waals surface area contributed by atoms with Gasteiger partial charge >= 0.3 is 0 Å². The summed E-state index contributed by atoms with van der Waals surface area (Å²) >= 11 is 0. The molecule has 0 saturated heterocycles. The van der Waals surface area contributed by atoms with Crippen LogP contribution in [0.3, 0.4) is 0 Å². The van der Waals surface area contributed by atoms with Crippen molar-refractivity contribution in [3.05, 3.63) is 29.8 Å². The van der Waals surface area contributed by atoms with Gasteiger partial charge in [0.2, 0.25) is 0 Å². The van der Waals surface area contributed by atoms with Crippen molar-refractivity contribution >= 4 is 5.57 Å². The SMILES string of the molecule is CC(=CCCNC(C)(C)C)c1ccc2c(c1)OCCCO2. The molecule has 3 nitrogen and oxygen atoms in total. The number of hydrogen-bond donors (Lipinski definition) is 1. The molecule has 116 valence electrons. The van der Waals surface area contributed by atoms with E-state index in [1.54, 1.807) is 0 Å². The Hall–Kier alpha value is -1.48. The highest BCUT2D eigenvalue weighted by atomic mass is 16.5. The summed E-state index contributed by atoms with van der Waals surface area (Å²) in [5, 5.41) is 3.50.